The van der Waals surface area contributed by atoms with Crippen LogP contribution in [0.5, 0.6) is 11.5 Å². The average molecular weight is 207 g/mol. The van der Waals surface area contributed by atoms with E-state index in [0.717, 1.165) is 23.7 Å². The molecular formula is C12H17NO2. The molecule has 0 bridgehead atoms. The van der Waals surface area contributed by atoms with Crippen LogP contribution >= 0.6 is 0 Å². The third-order valence-electron chi connectivity index (χ3n) is 2.65. The molecule has 2 rings (SSSR count). The fourth-order valence-electron chi connectivity index (χ4n) is 1.95. The topological polar surface area (TPSA) is 21.7 Å². The van der Waals surface area contributed by atoms with E-state index in [4.69, 9.17) is 9.47 Å². The zero-order valence-electron chi connectivity index (χ0n) is 9.49. The zero-order valence-corrected chi connectivity index (χ0v) is 9.49. The van der Waals surface area contributed by atoms with Crippen LogP contribution in [0.2, 0.25) is 0 Å². The van der Waals surface area contributed by atoms with Crippen LogP contribution in [0.4, 0.5) is 5.69 Å². The molecule has 0 saturated carbocycles. The molecule has 0 atom stereocenters. The lowest BCUT2D eigenvalue weighted by Gasteiger charge is -2.28. The number of rotatable bonds is 3. The molecular weight excluding hydrogens is 190 g/mol. The van der Waals surface area contributed by atoms with Gasteiger partial charge in [-0.1, -0.05) is 6.07 Å². The van der Waals surface area contributed by atoms with Crippen molar-refractivity contribution >= 4 is 5.69 Å². The molecule has 0 aromatic heterocycles. The molecule has 1 aromatic carbocycles. The normalized spacial score (nSPS) is 13.3. The van der Waals surface area contributed by atoms with Gasteiger partial charge >= 0.3 is 0 Å². The summed E-state index contributed by atoms with van der Waals surface area (Å²) in [4.78, 5) is 2.30. The summed E-state index contributed by atoms with van der Waals surface area (Å²) < 4.78 is 10.9. The van der Waals surface area contributed by atoms with Gasteiger partial charge in [-0.25, -0.2) is 0 Å². The zero-order chi connectivity index (χ0) is 10.8. The second-order valence-electron chi connectivity index (χ2n) is 3.89. The third-order valence-corrected chi connectivity index (χ3v) is 2.65. The van der Waals surface area contributed by atoms with Crippen molar-refractivity contribution in [1.29, 1.82) is 0 Å². The molecule has 1 heterocycles. The van der Waals surface area contributed by atoms with Gasteiger partial charge in [0.1, 0.15) is 0 Å². The molecule has 1 aliphatic rings. The summed E-state index contributed by atoms with van der Waals surface area (Å²) in [6.07, 6.45) is 0. The molecule has 0 aliphatic carbocycles. The van der Waals surface area contributed by atoms with E-state index in [1.165, 1.54) is 0 Å². The highest BCUT2D eigenvalue weighted by Gasteiger charge is 2.21. The number of anilines is 1. The van der Waals surface area contributed by atoms with Crippen molar-refractivity contribution in [3.05, 3.63) is 18.2 Å². The Bertz CT molecular complexity index is 349. The molecule has 0 spiro atoms. The lowest BCUT2D eigenvalue weighted by atomic mass is 10.2. The molecule has 3 heteroatoms. The van der Waals surface area contributed by atoms with E-state index >= 15 is 0 Å². The van der Waals surface area contributed by atoms with Crippen molar-refractivity contribution in [3.63, 3.8) is 0 Å². The minimum atomic E-state index is 0.335. The smallest absolute Gasteiger partial charge is 0.231 e. The number of benzene rings is 1. The first kappa shape index (κ1) is 10.1. The van der Waals surface area contributed by atoms with Crippen LogP contribution in [0.25, 0.3) is 0 Å². The van der Waals surface area contributed by atoms with Gasteiger partial charge < -0.3 is 14.4 Å². The summed E-state index contributed by atoms with van der Waals surface area (Å²) in [5.74, 6) is 1.74. The maximum absolute atomic E-state index is 5.50. The van der Waals surface area contributed by atoms with Crippen molar-refractivity contribution in [3.8, 4) is 11.5 Å². The second-order valence-corrected chi connectivity index (χ2v) is 3.89. The molecule has 3 nitrogen and oxygen atoms in total. The van der Waals surface area contributed by atoms with Gasteiger partial charge in [0, 0.05) is 12.6 Å². The summed E-state index contributed by atoms with van der Waals surface area (Å²) in [7, 11) is 0. The highest BCUT2D eigenvalue weighted by atomic mass is 16.7. The van der Waals surface area contributed by atoms with Gasteiger partial charge in [0.05, 0.1) is 5.69 Å². The molecule has 0 unspecified atom stereocenters. The van der Waals surface area contributed by atoms with Gasteiger partial charge in [-0.05, 0) is 32.9 Å². The van der Waals surface area contributed by atoms with Gasteiger partial charge in [0.2, 0.25) is 6.79 Å². The summed E-state index contributed by atoms with van der Waals surface area (Å²) in [6.45, 7) is 7.81. The molecule has 0 saturated heterocycles. The largest absolute Gasteiger partial charge is 0.454 e. The average Bonchev–Trinajstić information content (AvgIpc) is 2.66. The summed E-state index contributed by atoms with van der Waals surface area (Å²) in [5, 5.41) is 0. The minimum absolute atomic E-state index is 0.335. The Morgan fingerprint density at radius 1 is 1.33 bits per heavy atom. The van der Waals surface area contributed by atoms with Gasteiger partial charge in [-0.2, -0.15) is 0 Å². The van der Waals surface area contributed by atoms with Gasteiger partial charge in [0.25, 0.3) is 0 Å². The van der Waals surface area contributed by atoms with Crippen LogP contribution in [-0.4, -0.2) is 19.4 Å². The number of hydrogen-bond acceptors (Lipinski definition) is 3. The molecule has 0 N–H and O–H groups in total. The summed E-state index contributed by atoms with van der Waals surface area (Å²) in [5.41, 5.74) is 1.13. The lowest BCUT2D eigenvalue weighted by molar-refractivity contribution is 0.174. The number of para-hydroxylation sites is 1. The van der Waals surface area contributed by atoms with E-state index in [2.05, 4.69) is 31.7 Å². The van der Waals surface area contributed by atoms with Crippen molar-refractivity contribution in [2.75, 3.05) is 18.2 Å². The molecule has 0 amide bonds. The molecule has 0 fully saturated rings. The van der Waals surface area contributed by atoms with Crippen LogP contribution in [0.15, 0.2) is 18.2 Å². The predicted molar refractivity (Wildman–Crippen MR) is 60.7 cm³/mol. The van der Waals surface area contributed by atoms with Gasteiger partial charge in [-0.15, -0.1) is 0 Å². The first-order valence-corrected chi connectivity index (χ1v) is 5.39. The number of ether oxygens (including phenoxy) is 2. The SMILES string of the molecule is CCN(c1cccc2c1OCO2)C(C)C. The maximum atomic E-state index is 5.50. The molecule has 1 aromatic rings. The van der Waals surface area contributed by atoms with Crippen LogP contribution in [0.1, 0.15) is 20.8 Å². The van der Waals surface area contributed by atoms with Crippen LogP contribution in [-0.2, 0) is 0 Å². The molecule has 15 heavy (non-hydrogen) atoms. The Morgan fingerprint density at radius 2 is 2.13 bits per heavy atom. The Balaban J connectivity index is 2.39. The number of fused-ring (bicyclic) bond motifs is 1. The standard InChI is InChI=1S/C12H17NO2/c1-4-13(9(2)3)10-6-5-7-11-12(10)15-8-14-11/h5-7,9H,4,8H2,1-3H3. The van der Waals surface area contributed by atoms with Gasteiger partial charge in [-0.3, -0.25) is 0 Å². The van der Waals surface area contributed by atoms with E-state index in [9.17, 15) is 0 Å². The van der Waals surface area contributed by atoms with E-state index in [-0.39, 0.29) is 0 Å². The fraction of sp³-hybridized carbons (Fsp3) is 0.500. The fourth-order valence-corrected chi connectivity index (χ4v) is 1.95. The van der Waals surface area contributed by atoms with Crippen molar-refractivity contribution in [2.24, 2.45) is 0 Å². The van der Waals surface area contributed by atoms with E-state index in [1.807, 2.05) is 12.1 Å². The second kappa shape index (κ2) is 4.01. The van der Waals surface area contributed by atoms with Crippen molar-refractivity contribution in [1.82, 2.24) is 0 Å². The van der Waals surface area contributed by atoms with Gasteiger partial charge in [0.15, 0.2) is 11.5 Å². The number of nitrogens with zero attached hydrogens (tertiary/aromatic N) is 1. The number of hydrogen-bond donors (Lipinski definition) is 0. The summed E-state index contributed by atoms with van der Waals surface area (Å²) >= 11 is 0. The lowest BCUT2D eigenvalue weighted by Crippen LogP contribution is -2.30. The maximum Gasteiger partial charge on any atom is 0.231 e. The van der Waals surface area contributed by atoms with E-state index < -0.39 is 0 Å². The summed E-state index contributed by atoms with van der Waals surface area (Å²) in [6, 6.07) is 6.50. The Morgan fingerprint density at radius 3 is 2.80 bits per heavy atom. The van der Waals surface area contributed by atoms with Crippen LogP contribution in [0, 0.1) is 0 Å². The van der Waals surface area contributed by atoms with Crippen LogP contribution in [0.3, 0.4) is 0 Å². The molecule has 1 aliphatic heterocycles. The highest BCUT2D eigenvalue weighted by molar-refractivity contribution is 5.65. The monoisotopic (exact) mass is 207 g/mol. The minimum Gasteiger partial charge on any atom is -0.454 e. The third kappa shape index (κ3) is 1.74. The molecule has 0 radical (unpaired) electrons. The Hall–Kier alpha value is -1.38. The van der Waals surface area contributed by atoms with E-state index in [0.29, 0.717) is 12.8 Å². The van der Waals surface area contributed by atoms with Crippen molar-refractivity contribution in [2.45, 2.75) is 26.8 Å². The first-order valence-electron chi connectivity index (χ1n) is 5.39. The molecule has 82 valence electrons. The quantitative estimate of drug-likeness (QED) is 0.760. The Kier molecular flexibility index (Phi) is 2.71. The Labute approximate surface area is 90.6 Å². The van der Waals surface area contributed by atoms with E-state index in [1.54, 1.807) is 0 Å². The van der Waals surface area contributed by atoms with Crippen LogP contribution < -0.4 is 14.4 Å². The van der Waals surface area contributed by atoms with Crippen molar-refractivity contribution < 1.29 is 9.47 Å². The first-order chi connectivity index (χ1) is 7.24. The highest BCUT2D eigenvalue weighted by Crippen LogP contribution is 2.41. The predicted octanol–water partition coefficient (Wildman–Crippen LogP) is 2.65.